The van der Waals surface area contributed by atoms with Crippen molar-refractivity contribution in [2.24, 2.45) is 0 Å². The monoisotopic (exact) mass is 463 g/mol. The number of hydrogen-bond donors (Lipinski definition) is 0. The molecule has 0 bridgehead atoms. The Bertz CT molecular complexity index is 1240. The molecular formula is C25H25N3O4S. The van der Waals surface area contributed by atoms with Crippen LogP contribution >= 0.6 is 11.3 Å². The molecule has 0 unspecified atom stereocenters. The SMILES string of the molecule is COc1cc(C(=O)N(Cc2ccccn2)c2nc3c(C)ccc(C)c3s2)cc(OC)c1OC. The topological polar surface area (TPSA) is 73.8 Å². The van der Waals surface area contributed by atoms with E-state index in [0.717, 1.165) is 27.0 Å². The van der Waals surface area contributed by atoms with Gasteiger partial charge in [0.25, 0.3) is 5.91 Å². The largest absolute Gasteiger partial charge is 0.493 e. The van der Waals surface area contributed by atoms with Crippen molar-refractivity contribution < 1.29 is 19.0 Å². The molecule has 0 aliphatic carbocycles. The first-order chi connectivity index (χ1) is 16.0. The quantitative estimate of drug-likeness (QED) is 0.376. The molecule has 0 aliphatic heterocycles. The first kappa shape index (κ1) is 22.5. The number of aryl methyl sites for hydroxylation is 2. The van der Waals surface area contributed by atoms with Crippen LogP contribution in [0.1, 0.15) is 27.2 Å². The zero-order valence-electron chi connectivity index (χ0n) is 19.2. The Morgan fingerprint density at radius 1 is 0.970 bits per heavy atom. The summed E-state index contributed by atoms with van der Waals surface area (Å²) in [6, 6.07) is 13.1. The van der Waals surface area contributed by atoms with Crippen LogP contribution in [0.5, 0.6) is 17.2 Å². The molecule has 7 nitrogen and oxygen atoms in total. The van der Waals surface area contributed by atoms with Crippen LogP contribution in [0, 0.1) is 13.8 Å². The van der Waals surface area contributed by atoms with Crippen LogP contribution in [0.15, 0.2) is 48.7 Å². The molecule has 8 heteroatoms. The van der Waals surface area contributed by atoms with Gasteiger partial charge in [0, 0.05) is 11.8 Å². The first-order valence-corrected chi connectivity index (χ1v) is 11.2. The molecule has 33 heavy (non-hydrogen) atoms. The third-order valence-corrected chi connectivity index (χ3v) is 6.58. The van der Waals surface area contributed by atoms with E-state index >= 15 is 0 Å². The number of nitrogens with zero attached hydrogens (tertiary/aromatic N) is 3. The van der Waals surface area contributed by atoms with Crippen molar-refractivity contribution in [3.63, 3.8) is 0 Å². The number of rotatable bonds is 7. The number of amides is 1. The molecule has 2 aromatic heterocycles. The van der Waals surface area contributed by atoms with Gasteiger partial charge in [-0.05, 0) is 49.2 Å². The molecule has 4 rings (SSSR count). The Labute approximate surface area is 196 Å². The molecule has 0 N–H and O–H groups in total. The average molecular weight is 464 g/mol. The number of hydrogen-bond acceptors (Lipinski definition) is 7. The summed E-state index contributed by atoms with van der Waals surface area (Å²) in [5, 5.41) is 0.604. The van der Waals surface area contributed by atoms with Gasteiger partial charge in [0.2, 0.25) is 5.75 Å². The summed E-state index contributed by atoms with van der Waals surface area (Å²) in [5.74, 6) is 1.01. The van der Waals surface area contributed by atoms with Gasteiger partial charge in [0.05, 0.1) is 43.8 Å². The van der Waals surface area contributed by atoms with E-state index in [0.29, 0.717) is 27.9 Å². The van der Waals surface area contributed by atoms with Crippen molar-refractivity contribution in [2.75, 3.05) is 26.2 Å². The lowest BCUT2D eigenvalue weighted by Crippen LogP contribution is -2.30. The smallest absolute Gasteiger partial charge is 0.260 e. The highest BCUT2D eigenvalue weighted by atomic mass is 32.1. The summed E-state index contributed by atoms with van der Waals surface area (Å²) in [7, 11) is 4.58. The fourth-order valence-corrected chi connectivity index (χ4v) is 4.71. The minimum Gasteiger partial charge on any atom is -0.493 e. The predicted octanol–water partition coefficient (Wildman–Crippen LogP) is 5.18. The molecule has 0 radical (unpaired) electrons. The van der Waals surface area contributed by atoms with Crippen molar-refractivity contribution in [1.29, 1.82) is 0 Å². The fraction of sp³-hybridized carbons (Fsp3) is 0.240. The highest BCUT2D eigenvalue weighted by Crippen LogP contribution is 2.40. The maximum absolute atomic E-state index is 13.8. The molecule has 0 spiro atoms. The van der Waals surface area contributed by atoms with E-state index in [-0.39, 0.29) is 12.5 Å². The highest BCUT2D eigenvalue weighted by Gasteiger charge is 2.26. The number of fused-ring (bicyclic) bond motifs is 1. The highest BCUT2D eigenvalue weighted by molar-refractivity contribution is 7.22. The number of ether oxygens (including phenoxy) is 3. The lowest BCUT2D eigenvalue weighted by atomic mass is 10.1. The molecule has 2 aromatic carbocycles. The van der Waals surface area contributed by atoms with Crippen molar-refractivity contribution in [1.82, 2.24) is 9.97 Å². The molecule has 0 saturated heterocycles. The summed E-state index contributed by atoms with van der Waals surface area (Å²) >= 11 is 1.49. The maximum Gasteiger partial charge on any atom is 0.260 e. The van der Waals surface area contributed by atoms with Crippen LogP contribution in [0.2, 0.25) is 0 Å². The number of thiazole rings is 1. The molecule has 0 saturated carbocycles. The fourth-order valence-electron chi connectivity index (χ4n) is 3.60. The molecule has 1 amide bonds. The van der Waals surface area contributed by atoms with Gasteiger partial charge in [-0.2, -0.15) is 0 Å². The van der Waals surface area contributed by atoms with E-state index in [2.05, 4.69) is 11.1 Å². The molecule has 4 aromatic rings. The van der Waals surface area contributed by atoms with Gasteiger partial charge in [-0.3, -0.25) is 14.7 Å². The molecule has 0 atom stereocenters. The lowest BCUT2D eigenvalue weighted by Gasteiger charge is -2.21. The van der Waals surface area contributed by atoms with Crippen LogP contribution < -0.4 is 19.1 Å². The van der Waals surface area contributed by atoms with Gasteiger partial charge in [-0.1, -0.05) is 29.5 Å². The summed E-state index contributed by atoms with van der Waals surface area (Å²) < 4.78 is 17.4. The van der Waals surface area contributed by atoms with Gasteiger partial charge in [-0.15, -0.1) is 0 Å². The minimum atomic E-state index is -0.241. The van der Waals surface area contributed by atoms with E-state index in [4.69, 9.17) is 19.2 Å². The molecular weight excluding hydrogens is 438 g/mol. The number of methoxy groups -OCH3 is 3. The number of aromatic nitrogens is 2. The van der Waals surface area contributed by atoms with Gasteiger partial charge in [0.15, 0.2) is 16.6 Å². The van der Waals surface area contributed by atoms with Gasteiger partial charge in [-0.25, -0.2) is 4.98 Å². The van der Waals surface area contributed by atoms with Gasteiger partial charge >= 0.3 is 0 Å². The predicted molar refractivity (Wildman–Crippen MR) is 130 cm³/mol. The normalized spacial score (nSPS) is 10.8. The Kier molecular flexibility index (Phi) is 6.46. The van der Waals surface area contributed by atoms with Crippen molar-refractivity contribution >= 4 is 32.6 Å². The molecule has 170 valence electrons. The summed E-state index contributed by atoms with van der Waals surface area (Å²) in [5.41, 5.74) is 4.24. The van der Waals surface area contributed by atoms with Crippen molar-refractivity contribution in [2.45, 2.75) is 20.4 Å². The minimum absolute atomic E-state index is 0.241. The van der Waals surface area contributed by atoms with Crippen LogP contribution in [0.25, 0.3) is 10.2 Å². The Morgan fingerprint density at radius 3 is 2.24 bits per heavy atom. The maximum atomic E-state index is 13.8. The van der Waals surface area contributed by atoms with E-state index in [1.165, 1.54) is 32.7 Å². The van der Waals surface area contributed by atoms with E-state index < -0.39 is 0 Å². The second-order valence-corrected chi connectivity index (χ2v) is 8.48. The first-order valence-electron chi connectivity index (χ1n) is 10.3. The second kappa shape index (κ2) is 9.46. The summed E-state index contributed by atoms with van der Waals surface area (Å²) in [6.45, 7) is 4.34. The van der Waals surface area contributed by atoms with Crippen LogP contribution in [-0.2, 0) is 6.54 Å². The lowest BCUT2D eigenvalue weighted by molar-refractivity contribution is 0.0984. The van der Waals surface area contributed by atoms with Crippen molar-refractivity contribution in [3.05, 3.63) is 71.0 Å². The third-order valence-electron chi connectivity index (χ3n) is 5.36. The van der Waals surface area contributed by atoms with Crippen LogP contribution in [0.3, 0.4) is 0 Å². The van der Waals surface area contributed by atoms with E-state index in [9.17, 15) is 4.79 Å². The zero-order valence-corrected chi connectivity index (χ0v) is 20.0. The number of anilines is 1. The molecule has 2 heterocycles. The Morgan fingerprint density at radius 2 is 1.67 bits per heavy atom. The second-order valence-electron chi connectivity index (χ2n) is 7.50. The van der Waals surface area contributed by atoms with Crippen molar-refractivity contribution in [3.8, 4) is 17.2 Å². The Balaban J connectivity index is 1.85. The average Bonchev–Trinajstić information content (AvgIpc) is 3.30. The third kappa shape index (κ3) is 4.34. The van der Waals surface area contributed by atoms with Gasteiger partial charge in [0.1, 0.15) is 0 Å². The summed E-state index contributed by atoms with van der Waals surface area (Å²) in [4.78, 5) is 24.8. The number of pyridine rings is 1. The summed E-state index contributed by atoms with van der Waals surface area (Å²) in [6.07, 6.45) is 1.71. The zero-order chi connectivity index (χ0) is 23.5. The standard InChI is InChI=1S/C25H25N3O4S/c1-15-9-10-16(2)23-21(15)27-25(33-23)28(14-18-8-6-7-11-26-18)24(29)17-12-19(30-3)22(32-5)20(13-17)31-4/h6-13H,14H2,1-5H3. The van der Waals surface area contributed by atoms with Crippen LogP contribution in [-0.4, -0.2) is 37.2 Å². The molecule has 0 aliphatic rings. The number of benzene rings is 2. The number of carbonyl (C=O) groups excluding carboxylic acids is 1. The van der Waals surface area contributed by atoms with E-state index in [1.807, 2.05) is 38.1 Å². The number of carbonyl (C=O) groups is 1. The van der Waals surface area contributed by atoms with Crippen LogP contribution in [0.4, 0.5) is 5.13 Å². The van der Waals surface area contributed by atoms with E-state index in [1.54, 1.807) is 23.2 Å². The molecule has 0 fully saturated rings. The Hall–Kier alpha value is -3.65. The van der Waals surface area contributed by atoms with Gasteiger partial charge < -0.3 is 14.2 Å².